The third-order valence-corrected chi connectivity index (χ3v) is 3.73. The monoisotopic (exact) mass is 325 g/mol. The van der Waals surface area contributed by atoms with Crippen molar-refractivity contribution in [3.8, 4) is 5.69 Å². The Hall–Kier alpha value is -3.09. The van der Waals surface area contributed by atoms with Gasteiger partial charge in [-0.15, -0.1) is 5.10 Å². The summed E-state index contributed by atoms with van der Waals surface area (Å²) in [6.07, 6.45) is 1.66. The molecule has 0 aliphatic heterocycles. The highest BCUT2D eigenvalue weighted by Gasteiger charge is 2.18. The Balaban J connectivity index is 1.82. The van der Waals surface area contributed by atoms with Crippen molar-refractivity contribution < 1.29 is 9.18 Å². The zero-order valence-electron chi connectivity index (χ0n) is 13.3. The van der Waals surface area contributed by atoms with Crippen molar-refractivity contribution >= 4 is 5.91 Å². The molecule has 7 heteroatoms. The molecule has 3 aromatic rings. The molecule has 3 rings (SSSR count). The highest BCUT2D eigenvalue weighted by Crippen LogP contribution is 2.18. The molecule has 0 aliphatic rings. The van der Waals surface area contributed by atoms with E-state index >= 15 is 0 Å². The van der Waals surface area contributed by atoms with Gasteiger partial charge in [0.25, 0.3) is 5.91 Å². The summed E-state index contributed by atoms with van der Waals surface area (Å²) in [6.45, 7) is 3.68. The van der Waals surface area contributed by atoms with E-state index in [2.05, 4.69) is 20.6 Å². The number of rotatable bonds is 4. The predicted octanol–water partition coefficient (Wildman–Crippen LogP) is 2.35. The molecule has 0 aliphatic carbocycles. The smallest absolute Gasteiger partial charge is 0.274 e. The topological polar surface area (TPSA) is 72.7 Å². The van der Waals surface area contributed by atoms with Gasteiger partial charge in [0.2, 0.25) is 0 Å². The first-order valence-electron chi connectivity index (χ1n) is 7.44. The molecular weight excluding hydrogens is 309 g/mol. The number of aromatic nitrogens is 4. The first kappa shape index (κ1) is 15.8. The van der Waals surface area contributed by atoms with Crippen molar-refractivity contribution in [1.29, 1.82) is 0 Å². The van der Waals surface area contributed by atoms with Gasteiger partial charge in [-0.1, -0.05) is 17.3 Å². The average Bonchev–Trinajstić information content (AvgIpc) is 2.98. The second kappa shape index (κ2) is 6.57. The van der Waals surface area contributed by atoms with Crippen LogP contribution in [0.2, 0.25) is 0 Å². The normalized spacial score (nSPS) is 10.6. The van der Waals surface area contributed by atoms with Crippen molar-refractivity contribution in [3.63, 3.8) is 0 Å². The predicted molar refractivity (Wildman–Crippen MR) is 86.2 cm³/mol. The van der Waals surface area contributed by atoms with Crippen molar-refractivity contribution in [2.45, 2.75) is 20.4 Å². The zero-order chi connectivity index (χ0) is 17.1. The number of benzene rings is 1. The van der Waals surface area contributed by atoms with Gasteiger partial charge in [-0.3, -0.25) is 9.78 Å². The second-order valence-electron chi connectivity index (χ2n) is 5.32. The van der Waals surface area contributed by atoms with Gasteiger partial charge in [0, 0.05) is 11.8 Å². The van der Waals surface area contributed by atoms with Crippen LogP contribution in [0, 0.1) is 19.7 Å². The molecule has 0 unspecified atom stereocenters. The minimum atomic E-state index is -0.349. The van der Waals surface area contributed by atoms with E-state index in [0.29, 0.717) is 23.5 Å². The van der Waals surface area contributed by atoms with E-state index in [9.17, 15) is 9.18 Å². The maximum atomic E-state index is 13.7. The fourth-order valence-electron chi connectivity index (χ4n) is 2.35. The first-order chi connectivity index (χ1) is 11.6. The maximum Gasteiger partial charge on any atom is 0.274 e. The summed E-state index contributed by atoms with van der Waals surface area (Å²) < 4.78 is 15.2. The van der Waals surface area contributed by atoms with E-state index in [-0.39, 0.29) is 17.4 Å². The molecule has 1 amide bonds. The molecule has 0 atom stereocenters. The molecular formula is C17H16FN5O. The molecule has 1 aromatic carbocycles. The van der Waals surface area contributed by atoms with E-state index in [1.807, 2.05) is 18.2 Å². The van der Waals surface area contributed by atoms with Crippen molar-refractivity contribution in [2.75, 3.05) is 0 Å². The van der Waals surface area contributed by atoms with E-state index in [0.717, 1.165) is 5.69 Å². The van der Waals surface area contributed by atoms with Crippen LogP contribution in [0.25, 0.3) is 5.69 Å². The number of pyridine rings is 1. The number of carbonyl (C=O) groups excluding carboxylic acids is 1. The molecule has 122 valence electrons. The lowest BCUT2D eigenvalue weighted by molar-refractivity contribution is 0.0944. The molecule has 2 heterocycles. The summed E-state index contributed by atoms with van der Waals surface area (Å²) in [5.41, 5.74) is 2.50. The fourth-order valence-corrected chi connectivity index (χ4v) is 2.35. The lowest BCUT2D eigenvalue weighted by atomic mass is 10.2. The van der Waals surface area contributed by atoms with Crippen molar-refractivity contribution in [2.24, 2.45) is 0 Å². The Labute approximate surface area is 138 Å². The quantitative estimate of drug-likeness (QED) is 0.799. The van der Waals surface area contributed by atoms with E-state index in [1.54, 1.807) is 32.2 Å². The lowest BCUT2D eigenvalue weighted by Crippen LogP contribution is -2.24. The van der Waals surface area contributed by atoms with Gasteiger partial charge in [-0.05, 0) is 38.1 Å². The minimum absolute atomic E-state index is 0.203. The molecule has 0 fully saturated rings. The van der Waals surface area contributed by atoms with Crippen LogP contribution in [0.4, 0.5) is 4.39 Å². The summed E-state index contributed by atoms with van der Waals surface area (Å²) in [5, 5.41) is 10.7. The maximum absolute atomic E-state index is 13.7. The molecule has 24 heavy (non-hydrogen) atoms. The van der Waals surface area contributed by atoms with Crippen LogP contribution < -0.4 is 5.32 Å². The van der Waals surface area contributed by atoms with Gasteiger partial charge in [0.15, 0.2) is 5.69 Å². The standard InChI is InChI=1S/C17H16FN5O/c1-11-14(18)7-5-8-15(11)23-12(2)16(21-22-23)17(24)20-10-13-6-3-4-9-19-13/h3-9H,10H2,1-2H3,(H,20,24). The number of amides is 1. The summed E-state index contributed by atoms with van der Waals surface area (Å²) in [7, 11) is 0. The number of hydrogen-bond donors (Lipinski definition) is 1. The van der Waals surface area contributed by atoms with Crippen LogP contribution in [0.15, 0.2) is 42.6 Å². The van der Waals surface area contributed by atoms with Gasteiger partial charge in [-0.2, -0.15) is 0 Å². The summed E-state index contributed by atoms with van der Waals surface area (Å²) in [4.78, 5) is 16.4. The van der Waals surface area contributed by atoms with Crippen LogP contribution in [0.5, 0.6) is 0 Å². The Morgan fingerprint density at radius 3 is 2.79 bits per heavy atom. The van der Waals surface area contributed by atoms with E-state index in [4.69, 9.17) is 0 Å². The van der Waals surface area contributed by atoms with E-state index in [1.165, 1.54) is 10.7 Å². The molecule has 6 nitrogen and oxygen atoms in total. The molecule has 0 bridgehead atoms. The summed E-state index contributed by atoms with van der Waals surface area (Å²) in [5.74, 6) is -0.679. The van der Waals surface area contributed by atoms with Crippen LogP contribution in [0.1, 0.15) is 27.4 Å². The van der Waals surface area contributed by atoms with Crippen LogP contribution in [0.3, 0.4) is 0 Å². The first-order valence-corrected chi connectivity index (χ1v) is 7.44. The largest absolute Gasteiger partial charge is 0.345 e. The van der Waals surface area contributed by atoms with Gasteiger partial charge in [0.1, 0.15) is 5.82 Å². The molecule has 2 aromatic heterocycles. The third kappa shape index (κ3) is 3.01. The molecule has 1 N–H and O–H groups in total. The summed E-state index contributed by atoms with van der Waals surface area (Å²) >= 11 is 0. The average molecular weight is 325 g/mol. The zero-order valence-corrected chi connectivity index (χ0v) is 13.3. The Bertz CT molecular complexity index is 876. The highest BCUT2D eigenvalue weighted by atomic mass is 19.1. The molecule has 0 saturated heterocycles. The van der Waals surface area contributed by atoms with E-state index < -0.39 is 0 Å². The fraction of sp³-hybridized carbons (Fsp3) is 0.176. The number of nitrogens with one attached hydrogen (secondary N) is 1. The second-order valence-corrected chi connectivity index (χ2v) is 5.32. The number of nitrogens with zero attached hydrogens (tertiary/aromatic N) is 4. The van der Waals surface area contributed by atoms with Crippen LogP contribution in [-0.2, 0) is 6.54 Å². The van der Waals surface area contributed by atoms with Gasteiger partial charge in [0.05, 0.1) is 23.6 Å². The van der Waals surface area contributed by atoms with Crippen LogP contribution in [-0.4, -0.2) is 25.9 Å². The minimum Gasteiger partial charge on any atom is -0.345 e. The molecule has 0 radical (unpaired) electrons. The van der Waals surface area contributed by atoms with Crippen molar-refractivity contribution in [1.82, 2.24) is 25.3 Å². The number of halogens is 1. The molecule has 0 saturated carbocycles. The Kier molecular flexibility index (Phi) is 4.33. The van der Waals surface area contributed by atoms with Gasteiger partial charge >= 0.3 is 0 Å². The van der Waals surface area contributed by atoms with Gasteiger partial charge < -0.3 is 5.32 Å². The Morgan fingerprint density at radius 2 is 2.04 bits per heavy atom. The summed E-state index contributed by atoms with van der Waals surface area (Å²) in [6, 6.07) is 10.2. The number of carbonyl (C=O) groups is 1. The highest BCUT2D eigenvalue weighted by molar-refractivity contribution is 5.93. The SMILES string of the molecule is Cc1c(F)cccc1-n1nnc(C(=O)NCc2ccccn2)c1C. The van der Waals surface area contributed by atoms with Crippen LogP contribution >= 0.6 is 0 Å². The van der Waals surface area contributed by atoms with Crippen molar-refractivity contribution in [3.05, 3.63) is 71.1 Å². The number of hydrogen-bond acceptors (Lipinski definition) is 4. The Morgan fingerprint density at radius 1 is 1.21 bits per heavy atom. The van der Waals surface area contributed by atoms with Gasteiger partial charge in [-0.25, -0.2) is 9.07 Å². The lowest BCUT2D eigenvalue weighted by Gasteiger charge is -2.08. The molecule has 0 spiro atoms. The third-order valence-electron chi connectivity index (χ3n) is 3.73.